The number of hydrogen-bond acceptors (Lipinski definition) is 4. The molecule has 0 saturated heterocycles. The van der Waals surface area contributed by atoms with Crippen molar-refractivity contribution in [3.63, 3.8) is 0 Å². The molecular weight excluding hydrogens is 256 g/mol. The Hall–Kier alpha value is -1.84. The van der Waals surface area contributed by atoms with E-state index in [1.807, 2.05) is 30.3 Å². The first kappa shape index (κ1) is 16.2. The van der Waals surface area contributed by atoms with E-state index >= 15 is 0 Å². The second-order valence-corrected chi connectivity index (χ2v) is 5.66. The molecule has 0 bridgehead atoms. The van der Waals surface area contributed by atoms with Crippen molar-refractivity contribution in [2.24, 2.45) is 5.41 Å². The van der Waals surface area contributed by atoms with Gasteiger partial charge in [-0.1, -0.05) is 30.3 Å². The molecule has 4 nitrogen and oxygen atoms in total. The molecule has 0 unspecified atom stereocenters. The lowest BCUT2D eigenvalue weighted by Crippen LogP contribution is -2.24. The van der Waals surface area contributed by atoms with Crippen molar-refractivity contribution in [1.82, 2.24) is 0 Å². The fourth-order valence-electron chi connectivity index (χ4n) is 1.52. The summed E-state index contributed by atoms with van der Waals surface area (Å²) in [5.41, 5.74) is 0.610. The van der Waals surface area contributed by atoms with Gasteiger partial charge in [-0.05, 0) is 39.2 Å². The molecule has 0 amide bonds. The van der Waals surface area contributed by atoms with Gasteiger partial charge >= 0.3 is 11.9 Å². The minimum atomic E-state index is -0.584. The summed E-state index contributed by atoms with van der Waals surface area (Å²) in [6.07, 6.45) is 1.87. The van der Waals surface area contributed by atoms with E-state index in [4.69, 9.17) is 9.47 Å². The molecule has 0 saturated carbocycles. The highest BCUT2D eigenvalue weighted by Gasteiger charge is 2.23. The van der Waals surface area contributed by atoms with Crippen LogP contribution in [0.2, 0.25) is 0 Å². The molecule has 0 heterocycles. The highest BCUT2D eigenvalue weighted by molar-refractivity contribution is 5.75. The van der Waals surface area contributed by atoms with Crippen LogP contribution in [-0.2, 0) is 25.5 Å². The summed E-state index contributed by atoms with van der Waals surface area (Å²) in [7, 11) is 0. The molecular formula is C16H22O4. The van der Waals surface area contributed by atoms with E-state index < -0.39 is 5.41 Å². The molecule has 0 atom stereocenters. The number of esters is 2. The number of carbonyl (C=O) groups excluding carboxylic acids is 2. The van der Waals surface area contributed by atoms with E-state index in [0.29, 0.717) is 6.42 Å². The smallest absolute Gasteiger partial charge is 0.314 e. The molecule has 0 aliphatic heterocycles. The summed E-state index contributed by atoms with van der Waals surface area (Å²) in [6, 6.07) is 9.95. The van der Waals surface area contributed by atoms with Crippen LogP contribution in [0, 0.1) is 5.41 Å². The van der Waals surface area contributed by atoms with E-state index in [1.165, 1.54) is 5.56 Å². The number of aryl methyl sites for hydroxylation is 1. The van der Waals surface area contributed by atoms with E-state index in [0.717, 1.165) is 12.8 Å². The Morgan fingerprint density at radius 2 is 1.70 bits per heavy atom. The lowest BCUT2D eigenvalue weighted by Gasteiger charge is -2.16. The van der Waals surface area contributed by atoms with Gasteiger partial charge in [0.15, 0.2) is 0 Å². The molecule has 0 aliphatic carbocycles. The molecule has 4 heteroatoms. The Morgan fingerprint density at radius 3 is 2.30 bits per heavy atom. The quantitative estimate of drug-likeness (QED) is 0.592. The van der Waals surface area contributed by atoms with Gasteiger partial charge in [0.05, 0.1) is 5.41 Å². The van der Waals surface area contributed by atoms with Gasteiger partial charge in [0.25, 0.3) is 0 Å². The minimum Gasteiger partial charge on any atom is -0.428 e. The zero-order chi connectivity index (χ0) is 15.0. The van der Waals surface area contributed by atoms with Crippen LogP contribution in [0.15, 0.2) is 30.3 Å². The van der Waals surface area contributed by atoms with Crippen molar-refractivity contribution in [3.8, 4) is 0 Å². The number of benzene rings is 1. The number of carbonyl (C=O) groups is 2. The zero-order valence-corrected chi connectivity index (χ0v) is 12.3. The van der Waals surface area contributed by atoms with Crippen molar-refractivity contribution in [3.05, 3.63) is 35.9 Å². The van der Waals surface area contributed by atoms with Crippen molar-refractivity contribution >= 4 is 11.9 Å². The maximum absolute atomic E-state index is 11.5. The molecule has 110 valence electrons. The predicted molar refractivity (Wildman–Crippen MR) is 75.9 cm³/mol. The standard InChI is InChI=1S/C16H22O4/c1-16(2,3)15(18)20-12-19-14(17)11-7-10-13-8-5-4-6-9-13/h4-6,8-9H,7,10-12H2,1-3H3. The minimum absolute atomic E-state index is 0.305. The molecule has 0 aromatic heterocycles. The first-order valence-corrected chi connectivity index (χ1v) is 6.76. The predicted octanol–water partition coefficient (Wildman–Crippen LogP) is 3.10. The number of ether oxygens (including phenoxy) is 2. The van der Waals surface area contributed by atoms with Crippen molar-refractivity contribution in [1.29, 1.82) is 0 Å². The highest BCUT2D eigenvalue weighted by Crippen LogP contribution is 2.15. The van der Waals surface area contributed by atoms with Gasteiger partial charge in [0.2, 0.25) is 6.79 Å². The normalized spacial score (nSPS) is 10.9. The Bertz CT molecular complexity index is 432. The van der Waals surface area contributed by atoms with Crippen LogP contribution >= 0.6 is 0 Å². The molecule has 0 spiro atoms. The Balaban J connectivity index is 2.14. The molecule has 0 radical (unpaired) electrons. The van der Waals surface area contributed by atoms with E-state index in [1.54, 1.807) is 20.8 Å². The second kappa shape index (κ2) is 7.68. The van der Waals surface area contributed by atoms with E-state index in [9.17, 15) is 9.59 Å². The molecule has 0 fully saturated rings. The van der Waals surface area contributed by atoms with Crippen LogP contribution in [0.4, 0.5) is 0 Å². The molecule has 1 aromatic rings. The number of rotatable bonds is 6. The van der Waals surface area contributed by atoms with Gasteiger partial charge < -0.3 is 9.47 Å². The summed E-state index contributed by atoms with van der Waals surface area (Å²) < 4.78 is 9.72. The topological polar surface area (TPSA) is 52.6 Å². The lowest BCUT2D eigenvalue weighted by atomic mass is 9.98. The van der Waals surface area contributed by atoms with Gasteiger partial charge in [-0.15, -0.1) is 0 Å². The largest absolute Gasteiger partial charge is 0.428 e. The van der Waals surface area contributed by atoms with E-state index in [2.05, 4.69) is 0 Å². The second-order valence-electron chi connectivity index (χ2n) is 5.66. The fourth-order valence-corrected chi connectivity index (χ4v) is 1.52. The summed E-state index contributed by atoms with van der Waals surface area (Å²) in [5, 5.41) is 0. The third-order valence-corrected chi connectivity index (χ3v) is 2.71. The highest BCUT2D eigenvalue weighted by atomic mass is 16.7. The van der Waals surface area contributed by atoms with Gasteiger partial charge in [-0.3, -0.25) is 9.59 Å². The maximum atomic E-state index is 11.5. The van der Waals surface area contributed by atoms with Gasteiger partial charge in [-0.2, -0.15) is 0 Å². The van der Waals surface area contributed by atoms with Gasteiger partial charge in [0, 0.05) is 6.42 Å². The van der Waals surface area contributed by atoms with Crippen molar-refractivity contribution in [2.75, 3.05) is 6.79 Å². The molecule has 0 N–H and O–H groups in total. The fraction of sp³-hybridized carbons (Fsp3) is 0.500. The monoisotopic (exact) mass is 278 g/mol. The molecule has 0 aliphatic rings. The van der Waals surface area contributed by atoms with Crippen molar-refractivity contribution in [2.45, 2.75) is 40.0 Å². The SMILES string of the molecule is CC(C)(C)C(=O)OCOC(=O)CCCc1ccccc1. The van der Waals surface area contributed by atoms with Crippen molar-refractivity contribution < 1.29 is 19.1 Å². The number of hydrogen-bond donors (Lipinski definition) is 0. The molecule has 1 aromatic carbocycles. The average Bonchev–Trinajstić information content (AvgIpc) is 2.38. The van der Waals surface area contributed by atoms with Gasteiger partial charge in [-0.25, -0.2) is 0 Å². The van der Waals surface area contributed by atoms with Crippen LogP contribution in [0.25, 0.3) is 0 Å². The zero-order valence-electron chi connectivity index (χ0n) is 12.3. The Labute approximate surface area is 120 Å². The third-order valence-electron chi connectivity index (χ3n) is 2.71. The Kier molecular flexibility index (Phi) is 6.22. The molecule has 20 heavy (non-hydrogen) atoms. The lowest BCUT2D eigenvalue weighted by molar-refractivity contribution is -0.173. The van der Waals surface area contributed by atoms with Crippen LogP contribution in [0.3, 0.4) is 0 Å². The Morgan fingerprint density at radius 1 is 1.05 bits per heavy atom. The summed E-state index contributed by atoms with van der Waals surface area (Å²) >= 11 is 0. The average molecular weight is 278 g/mol. The third kappa shape index (κ3) is 6.36. The summed E-state index contributed by atoms with van der Waals surface area (Å²) in [6.45, 7) is 4.94. The van der Waals surface area contributed by atoms with Crippen LogP contribution in [-0.4, -0.2) is 18.7 Å². The summed E-state index contributed by atoms with van der Waals surface area (Å²) in [5.74, 6) is -0.725. The first-order chi connectivity index (χ1) is 9.39. The van der Waals surface area contributed by atoms with Crippen LogP contribution in [0.5, 0.6) is 0 Å². The first-order valence-electron chi connectivity index (χ1n) is 6.76. The van der Waals surface area contributed by atoms with Crippen LogP contribution in [0.1, 0.15) is 39.2 Å². The molecule has 1 rings (SSSR count). The summed E-state index contributed by atoms with van der Waals surface area (Å²) in [4.78, 5) is 22.9. The van der Waals surface area contributed by atoms with Crippen LogP contribution < -0.4 is 0 Å². The van der Waals surface area contributed by atoms with Gasteiger partial charge in [0.1, 0.15) is 0 Å². The van der Waals surface area contributed by atoms with E-state index in [-0.39, 0.29) is 18.7 Å². The maximum Gasteiger partial charge on any atom is 0.314 e.